The predicted molar refractivity (Wildman–Crippen MR) is 53.0 cm³/mol. The van der Waals surface area contributed by atoms with Crippen LogP contribution in [-0.2, 0) is 6.42 Å². The maximum atomic E-state index is 13.3. The molecular formula is C11H14FNO. The van der Waals surface area contributed by atoms with Crippen LogP contribution >= 0.6 is 0 Å². The van der Waals surface area contributed by atoms with Gasteiger partial charge in [0.25, 0.3) is 0 Å². The van der Waals surface area contributed by atoms with E-state index in [2.05, 4.69) is 5.32 Å². The minimum absolute atomic E-state index is 0.266. The number of ether oxygens (including phenoxy) is 1. The SMILES string of the molecule is COc1c(F)cccc1CC1CNC1. The van der Waals surface area contributed by atoms with Gasteiger partial charge in [0.2, 0.25) is 0 Å². The molecule has 0 unspecified atom stereocenters. The van der Waals surface area contributed by atoms with E-state index >= 15 is 0 Å². The molecule has 2 rings (SSSR count). The summed E-state index contributed by atoms with van der Waals surface area (Å²) in [6.07, 6.45) is 0.897. The highest BCUT2D eigenvalue weighted by Crippen LogP contribution is 2.25. The Kier molecular flexibility index (Phi) is 2.68. The summed E-state index contributed by atoms with van der Waals surface area (Å²) >= 11 is 0. The molecule has 14 heavy (non-hydrogen) atoms. The van der Waals surface area contributed by atoms with Gasteiger partial charge in [-0.25, -0.2) is 4.39 Å². The molecule has 0 saturated carbocycles. The molecule has 1 aromatic carbocycles. The monoisotopic (exact) mass is 195 g/mol. The van der Waals surface area contributed by atoms with Crippen LogP contribution in [0.1, 0.15) is 5.56 Å². The molecule has 0 atom stereocenters. The third kappa shape index (κ3) is 1.73. The lowest BCUT2D eigenvalue weighted by Gasteiger charge is -2.27. The highest BCUT2D eigenvalue weighted by molar-refractivity contribution is 5.35. The fourth-order valence-corrected chi connectivity index (χ4v) is 1.75. The Labute approximate surface area is 83.1 Å². The third-order valence-electron chi connectivity index (χ3n) is 2.63. The number of hydrogen-bond acceptors (Lipinski definition) is 2. The first kappa shape index (κ1) is 9.46. The molecule has 1 aromatic rings. The summed E-state index contributed by atoms with van der Waals surface area (Å²) in [4.78, 5) is 0. The highest BCUT2D eigenvalue weighted by Gasteiger charge is 2.19. The maximum absolute atomic E-state index is 13.3. The van der Waals surface area contributed by atoms with Gasteiger partial charge in [0.05, 0.1) is 7.11 Å². The van der Waals surface area contributed by atoms with Gasteiger partial charge in [-0.15, -0.1) is 0 Å². The molecule has 1 aliphatic rings. The van der Waals surface area contributed by atoms with E-state index in [1.54, 1.807) is 6.07 Å². The minimum atomic E-state index is -0.266. The van der Waals surface area contributed by atoms with Crippen molar-refractivity contribution in [2.45, 2.75) is 6.42 Å². The van der Waals surface area contributed by atoms with Crippen LogP contribution in [0.5, 0.6) is 5.75 Å². The van der Waals surface area contributed by atoms with E-state index in [9.17, 15) is 4.39 Å². The van der Waals surface area contributed by atoms with Gasteiger partial charge in [-0.1, -0.05) is 12.1 Å². The number of methoxy groups -OCH3 is 1. The second-order valence-electron chi connectivity index (χ2n) is 3.66. The normalized spacial score (nSPS) is 16.4. The van der Waals surface area contributed by atoms with Crippen LogP contribution in [0.15, 0.2) is 18.2 Å². The Bertz CT molecular complexity index is 323. The van der Waals surface area contributed by atoms with E-state index in [0.29, 0.717) is 11.7 Å². The molecule has 0 amide bonds. The fraction of sp³-hybridized carbons (Fsp3) is 0.455. The lowest BCUT2D eigenvalue weighted by molar-refractivity contribution is 0.333. The summed E-state index contributed by atoms with van der Waals surface area (Å²) in [6, 6.07) is 5.10. The highest BCUT2D eigenvalue weighted by atomic mass is 19.1. The van der Waals surface area contributed by atoms with Crippen LogP contribution in [0.4, 0.5) is 4.39 Å². The Hall–Kier alpha value is -1.09. The molecular weight excluding hydrogens is 181 g/mol. The first-order chi connectivity index (χ1) is 6.81. The number of rotatable bonds is 3. The molecule has 1 fully saturated rings. The number of hydrogen-bond donors (Lipinski definition) is 1. The van der Waals surface area contributed by atoms with Gasteiger partial charge in [-0.2, -0.15) is 0 Å². The summed E-state index contributed by atoms with van der Waals surface area (Å²) in [7, 11) is 1.51. The number of para-hydroxylation sites is 1. The first-order valence-electron chi connectivity index (χ1n) is 4.83. The molecule has 1 aliphatic heterocycles. The number of halogens is 1. The second-order valence-corrected chi connectivity index (χ2v) is 3.66. The molecule has 2 nitrogen and oxygen atoms in total. The maximum Gasteiger partial charge on any atom is 0.165 e. The average molecular weight is 195 g/mol. The zero-order chi connectivity index (χ0) is 9.97. The fourth-order valence-electron chi connectivity index (χ4n) is 1.75. The smallest absolute Gasteiger partial charge is 0.165 e. The van der Waals surface area contributed by atoms with Crippen molar-refractivity contribution in [3.05, 3.63) is 29.6 Å². The van der Waals surface area contributed by atoms with E-state index in [1.165, 1.54) is 13.2 Å². The van der Waals surface area contributed by atoms with Crippen LogP contribution in [0.3, 0.4) is 0 Å². The molecule has 0 radical (unpaired) electrons. The van der Waals surface area contributed by atoms with Crippen molar-refractivity contribution in [1.82, 2.24) is 5.32 Å². The van der Waals surface area contributed by atoms with E-state index in [4.69, 9.17) is 4.74 Å². The van der Waals surface area contributed by atoms with Crippen molar-refractivity contribution in [2.24, 2.45) is 5.92 Å². The average Bonchev–Trinajstić information content (AvgIpc) is 2.11. The number of benzene rings is 1. The zero-order valence-electron chi connectivity index (χ0n) is 8.22. The molecule has 0 aliphatic carbocycles. The van der Waals surface area contributed by atoms with Crippen LogP contribution in [0.25, 0.3) is 0 Å². The molecule has 0 bridgehead atoms. The van der Waals surface area contributed by atoms with Crippen molar-refractivity contribution in [3.63, 3.8) is 0 Å². The van der Waals surface area contributed by atoms with Gasteiger partial charge in [-0.3, -0.25) is 0 Å². The van der Waals surface area contributed by atoms with Crippen molar-refractivity contribution in [2.75, 3.05) is 20.2 Å². The van der Waals surface area contributed by atoms with Gasteiger partial charge >= 0.3 is 0 Å². The first-order valence-corrected chi connectivity index (χ1v) is 4.83. The standard InChI is InChI=1S/C11H14FNO/c1-14-11-9(3-2-4-10(11)12)5-8-6-13-7-8/h2-4,8,13H,5-7H2,1H3. The summed E-state index contributed by atoms with van der Waals surface area (Å²) in [5.74, 6) is 0.766. The molecule has 76 valence electrons. The Balaban J connectivity index is 2.17. The van der Waals surface area contributed by atoms with Crippen LogP contribution in [0.2, 0.25) is 0 Å². The molecule has 1 saturated heterocycles. The summed E-state index contributed by atoms with van der Waals surface area (Å²) in [5, 5.41) is 3.20. The van der Waals surface area contributed by atoms with Crippen LogP contribution < -0.4 is 10.1 Å². The van der Waals surface area contributed by atoms with Gasteiger partial charge in [0.15, 0.2) is 11.6 Å². The van der Waals surface area contributed by atoms with Crippen LogP contribution in [0, 0.1) is 11.7 Å². The minimum Gasteiger partial charge on any atom is -0.493 e. The van der Waals surface area contributed by atoms with E-state index in [0.717, 1.165) is 25.1 Å². The predicted octanol–water partition coefficient (Wildman–Crippen LogP) is 1.60. The van der Waals surface area contributed by atoms with Crippen LogP contribution in [-0.4, -0.2) is 20.2 Å². The van der Waals surface area contributed by atoms with Crippen molar-refractivity contribution in [3.8, 4) is 5.75 Å². The summed E-state index contributed by atoms with van der Waals surface area (Å²) in [5.41, 5.74) is 0.971. The molecule has 0 aromatic heterocycles. The molecule has 1 heterocycles. The quantitative estimate of drug-likeness (QED) is 0.791. The van der Waals surface area contributed by atoms with Gasteiger partial charge < -0.3 is 10.1 Å². The molecule has 0 spiro atoms. The topological polar surface area (TPSA) is 21.3 Å². The Morgan fingerprint density at radius 3 is 2.86 bits per heavy atom. The Morgan fingerprint density at radius 1 is 1.50 bits per heavy atom. The lowest BCUT2D eigenvalue weighted by Crippen LogP contribution is -2.43. The van der Waals surface area contributed by atoms with Gasteiger partial charge in [0, 0.05) is 0 Å². The Morgan fingerprint density at radius 2 is 2.29 bits per heavy atom. The zero-order valence-corrected chi connectivity index (χ0v) is 8.22. The lowest BCUT2D eigenvalue weighted by atomic mass is 9.94. The largest absolute Gasteiger partial charge is 0.493 e. The van der Waals surface area contributed by atoms with Gasteiger partial charge in [0.1, 0.15) is 0 Å². The van der Waals surface area contributed by atoms with E-state index in [1.807, 2.05) is 6.07 Å². The summed E-state index contributed by atoms with van der Waals surface area (Å²) in [6.45, 7) is 2.05. The molecule has 1 N–H and O–H groups in total. The van der Waals surface area contributed by atoms with Crippen molar-refractivity contribution in [1.29, 1.82) is 0 Å². The van der Waals surface area contributed by atoms with E-state index in [-0.39, 0.29) is 5.82 Å². The third-order valence-corrected chi connectivity index (χ3v) is 2.63. The van der Waals surface area contributed by atoms with E-state index < -0.39 is 0 Å². The summed E-state index contributed by atoms with van der Waals surface area (Å²) < 4.78 is 18.3. The van der Waals surface area contributed by atoms with Crippen molar-refractivity contribution < 1.29 is 9.13 Å². The molecule has 3 heteroatoms. The number of nitrogens with one attached hydrogen (secondary N) is 1. The van der Waals surface area contributed by atoms with Gasteiger partial charge in [-0.05, 0) is 37.1 Å². The second kappa shape index (κ2) is 3.96. The van der Waals surface area contributed by atoms with Crippen molar-refractivity contribution >= 4 is 0 Å².